The fourth-order valence-corrected chi connectivity index (χ4v) is 4.11. The molecular weight excluding hydrogens is 392 g/mol. The summed E-state index contributed by atoms with van der Waals surface area (Å²) in [5.41, 5.74) is 0.723. The number of hydrogen-bond donors (Lipinski definition) is 2. The molecule has 0 spiro atoms. The number of aromatic amines is 1. The van der Waals surface area contributed by atoms with Crippen LogP contribution in [0.15, 0.2) is 47.4 Å². The number of H-pyrrole nitrogens is 1. The summed E-state index contributed by atoms with van der Waals surface area (Å²) in [5, 5.41) is 2.90. The van der Waals surface area contributed by atoms with Crippen molar-refractivity contribution >= 4 is 11.8 Å². The molecule has 166 valence electrons. The van der Waals surface area contributed by atoms with Gasteiger partial charge in [-0.15, -0.1) is 0 Å². The van der Waals surface area contributed by atoms with Crippen molar-refractivity contribution in [3.63, 3.8) is 0 Å². The summed E-state index contributed by atoms with van der Waals surface area (Å²) in [6.45, 7) is 3.25. The van der Waals surface area contributed by atoms with Crippen molar-refractivity contribution in [1.82, 2.24) is 20.1 Å². The van der Waals surface area contributed by atoms with E-state index in [2.05, 4.69) is 22.2 Å². The standard InChI is InChI=1S/C24H32N4O3/c1-27-13-7-11-18(16-27)10-6-12-25-22(29)20-14-21(23(30)26-15-20)24(31)28(2)17-19-8-4-3-5-9-19/h3-5,8-9,14-15,18H,6-7,10-13,16-17H2,1-2H3,(H,25,29)(H,26,30). The fraction of sp³-hybridized carbons (Fsp3) is 0.458. The maximum atomic E-state index is 12.8. The van der Waals surface area contributed by atoms with E-state index >= 15 is 0 Å². The van der Waals surface area contributed by atoms with E-state index in [1.165, 1.54) is 36.5 Å². The van der Waals surface area contributed by atoms with E-state index in [0.717, 1.165) is 24.9 Å². The van der Waals surface area contributed by atoms with Crippen molar-refractivity contribution in [2.45, 2.75) is 32.2 Å². The minimum Gasteiger partial charge on any atom is -0.352 e. The summed E-state index contributed by atoms with van der Waals surface area (Å²) < 4.78 is 0. The van der Waals surface area contributed by atoms with Gasteiger partial charge < -0.3 is 20.1 Å². The lowest BCUT2D eigenvalue weighted by Crippen LogP contribution is -2.33. The van der Waals surface area contributed by atoms with Gasteiger partial charge in [0.2, 0.25) is 0 Å². The number of rotatable bonds is 8. The van der Waals surface area contributed by atoms with E-state index in [-0.39, 0.29) is 17.0 Å². The Bertz CT molecular complexity index is 941. The molecule has 0 bridgehead atoms. The predicted octanol–water partition coefficient (Wildman–Crippen LogP) is 2.50. The first-order valence-corrected chi connectivity index (χ1v) is 10.9. The second-order valence-electron chi connectivity index (χ2n) is 8.45. The van der Waals surface area contributed by atoms with Crippen molar-refractivity contribution < 1.29 is 9.59 Å². The van der Waals surface area contributed by atoms with Gasteiger partial charge in [-0.1, -0.05) is 30.3 Å². The smallest absolute Gasteiger partial charge is 0.260 e. The van der Waals surface area contributed by atoms with Gasteiger partial charge in [-0.25, -0.2) is 0 Å². The van der Waals surface area contributed by atoms with Crippen LogP contribution in [-0.4, -0.2) is 60.3 Å². The number of nitrogens with one attached hydrogen (secondary N) is 2. The number of piperidine rings is 1. The molecule has 0 aliphatic carbocycles. The van der Waals surface area contributed by atoms with E-state index in [9.17, 15) is 14.4 Å². The highest BCUT2D eigenvalue weighted by atomic mass is 16.2. The van der Waals surface area contributed by atoms with Crippen LogP contribution in [0.3, 0.4) is 0 Å². The molecule has 31 heavy (non-hydrogen) atoms. The third-order valence-electron chi connectivity index (χ3n) is 5.80. The molecular formula is C24H32N4O3. The Labute approximate surface area is 183 Å². The minimum atomic E-state index is -0.497. The lowest BCUT2D eigenvalue weighted by Gasteiger charge is -2.29. The average molecular weight is 425 g/mol. The molecule has 7 heteroatoms. The summed E-state index contributed by atoms with van der Waals surface area (Å²) >= 11 is 0. The molecule has 7 nitrogen and oxygen atoms in total. The van der Waals surface area contributed by atoms with Gasteiger partial charge in [0.25, 0.3) is 17.4 Å². The predicted molar refractivity (Wildman–Crippen MR) is 121 cm³/mol. The maximum Gasteiger partial charge on any atom is 0.260 e. The Morgan fingerprint density at radius 2 is 2.03 bits per heavy atom. The van der Waals surface area contributed by atoms with Crippen molar-refractivity contribution in [3.8, 4) is 0 Å². The van der Waals surface area contributed by atoms with Crippen molar-refractivity contribution in [2.24, 2.45) is 5.92 Å². The quantitative estimate of drug-likeness (QED) is 0.638. The van der Waals surface area contributed by atoms with Crippen LogP contribution >= 0.6 is 0 Å². The van der Waals surface area contributed by atoms with Gasteiger partial charge in [0.1, 0.15) is 5.56 Å². The molecule has 2 heterocycles. The number of amides is 2. The maximum absolute atomic E-state index is 12.8. The Kier molecular flexibility index (Phi) is 8.00. The third kappa shape index (κ3) is 6.52. The Morgan fingerprint density at radius 3 is 2.77 bits per heavy atom. The first-order chi connectivity index (χ1) is 14.9. The van der Waals surface area contributed by atoms with E-state index in [4.69, 9.17) is 0 Å². The Balaban J connectivity index is 1.54. The molecule has 1 saturated heterocycles. The number of hydrogen-bond acceptors (Lipinski definition) is 4. The fourth-order valence-electron chi connectivity index (χ4n) is 4.11. The Morgan fingerprint density at radius 1 is 1.26 bits per heavy atom. The first-order valence-electron chi connectivity index (χ1n) is 10.9. The van der Waals surface area contributed by atoms with Gasteiger partial charge in [0.05, 0.1) is 5.56 Å². The zero-order valence-corrected chi connectivity index (χ0v) is 18.4. The minimum absolute atomic E-state index is 0.0312. The highest BCUT2D eigenvalue weighted by Crippen LogP contribution is 2.19. The van der Waals surface area contributed by atoms with Crippen LogP contribution in [0.5, 0.6) is 0 Å². The number of nitrogens with zero attached hydrogens (tertiary/aromatic N) is 2. The van der Waals surface area contributed by atoms with Crippen LogP contribution in [-0.2, 0) is 6.54 Å². The summed E-state index contributed by atoms with van der Waals surface area (Å²) in [6.07, 6.45) is 5.85. The molecule has 2 amide bonds. The molecule has 0 saturated carbocycles. The lowest BCUT2D eigenvalue weighted by molar-refractivity contribution is 0.0783. The zero-order chi connectivity index (χ0) is 22.2. The number of carbonyl (C=O) groups is 2. The van der Waals surface area contributed by atoms with E-state index < -0.39 is 11.5 Å². The van der Waals surface area contributed by atoms with Gasteiger partial charge in [-0.05, 0) is 56.8 Å². The largest absolute Gasteiger partial charge is 0.352 e. The third-order valence-corrected chi connectivity index (χ3v) is 5.80. The molecule has 1 aromatic carbocycles. The van der Waals surface area contributed by atoms with Gasteiger partial charge in [0, 0.05) is 32.9 Å². The van der Waals surface area contributed by atoms with Crippen molar-refractivity contribution in [3.05, 3.63) is 69.6 Å². The number of carbonyl (C=O) groups excluding carboxylic acids is 2. The van der Waals surface area contributed by atoms with Gasteiger partial charge >= 0.3 is 0 Å². The molecule has 1 atom stereocenters. The van der Waals surface area contributed by atoms with Gasteiger partial charge in [0.15, 0.2) is 0 Å². The average Bonchev–Trinajstić information content (AvgIpc) is 2.77. The van der Waals surface area contributed by atoms with Gasteiger partial charge in [-0.3, -0.25) is 14.4 Å². The summed E-state index contributed by atoms with van der Waals surface area (Å²) in [6, 6.07) is 10.9. The number of aromatic nitrogens is 1. The Hall–Kier alpha value is -2.93. The van der Waals surface area contributed by atoms with Crippen molar-refractivity contribution in [2.75, 3.05) is 33.7 Å². The normalized spacial score (nSPS) is 16.6. The molecule has 0 radical (unpaired) electrons. The monoisotopic (exact) mass is 424 g/mol. The summed E-state index contributed by atoms with van der Waals surface area (Å²) in [4.78, 5) is 43.9. The van der Waals surface area contributed by atoms with Crippen LogP contribution in [0.4, 0.5) is 0 Å². The molecule has 3 rings (SSSR count). The van der Waals surface area contributed by atoms with Crippen LogP contribution in [0.1, 0.15) is 52.0 Å². The zero-order valence-electron chi connectivity index (χ0n) is 18.4. The van der Waals surface area contributed by atoms with Gasteiger partial charge in [-0.2, -0.15) is 0 Å². The molecule has 1 unspecified atom stereocenters. The van der Waals surface area contributed by atoms with Crippen LogP contribution in [0.25, 0.3) is 0 Å². The number of likely N-dealkylation sites (tertiary alicyclic amines) is 1. The van der Waals surface area contributed by atoms with Crippen molar-refractivity contribution in [1.29, 1.82) is 0 Å². The second-order valence-corrected chi connectivity index (χ2v) is 8.45. The molecule has 1 fully saturated rings. The SMILES string of the molecule is CN1CCCC(CCCNC(=O)c2c[nH]c(=O)c(C(=O)N(C)Cc3ccccc3)c2)C1. The van der Waals surface area contributed by atoms with Crippen LogP contribution in [0, 0.1) is 5.92 Å². The molecule has 1 aliphatic heterocycles. The summed E-state index contributed by atoms with van der Waals surface area (Å²) in [7, 11) is 3.80. The van der Waals surface area contributed by atoms with E-state index in [0.29, 0.717) is 19.0 Å². The highest BCUT2D eigenvalue weighted by Gasteiger charge is 2.19. The number of benzene rings is 1. The topological polar surface area (TPSA) is 85.5 Å². The van der Waals surface area contributed by atoms with Crippen LogP contribution < -0.4 is 10.9 Å². The molecule has 2 aromatic rings. The second kappa shape index (κ2) is 10.9. The lowest BCUT2D eigenvalue weighted by atomic mass is 9.94. The van der Waals surface area contributed by atoms with Crippen LogP contribution in [0.2, 0.25) is 0 Å². The van der Waals surface area contributed by atoms with E-state index in [1.54, 1.807) is 7.05 Å². The summed E-state index contributed by atoms with van der Waals surface area (Å²) in [5.74, 6) is -0.00828. The van der Waals surface area contributed by atoms with E-state index in [1.807, 2.05) is 30.3 Å². The number of pyridine rings is 1. The molecule has 1 aromatic heterocycles. The first kappa shape index (κ1) is 22.7. The highest BCUT2D eigenvalue weighted by molar-refractivity contribution is 5.99. The molecule has 2 N–H and O–H groups in total. The molecule has 1 aliphatic rings.